The van der Waals surface area contributed by atoms with Crippen molar-refractivity contribution in [1.29, 1.82) is 0 Å². The lowest BCUT2D eigenvalue weighted by atomic mass is 10.1. The number of hydrogen-bond acceptors (Lipinski definition) is 10. The number of carbonyl (C=O) groups is 2. The van der Waals surface area contributed by atoms with Crippen LogP contribution in [0.15, 0.2) is 53.3 Å². The maximum Gasteiger partial charge on any atom is 0.408 e. The number of anilines is 2. The molecule has 0 atom stereocenters. The summed E-state index contributed by atoms with van der Waals surface area (Å²) in [6.45, 7) is 6.90. The predicted octanol–water partition coefficient (Wildman–Crippen LogP) is 4.83. The zero-order valence-corrected chi connectivity index (χ0v) is 23.6. The number of methoxy groups -OCH3 is 1. The van der Waals surface area contributed by atoms with Gasteiger partial charge in [0.25, 0.3) is 5.91 Å². The average molecular weight is 576 g/mol. The van der Waals surface area contributed by atoms with Gasteiger partial charge >= 0.3 is 6.09 Å². The Labute approximate surface area is 241 Å². The second-order valence-corrected chi connectivity index (χ2v) is 10.5. The van der Waals surface area contributed by atoms with Gasteiger partial charge in [0.05, 0.1) is 19.3 Å². The molecule has 0 aliphatic carbocycles. The van der Waals surface area contributed by atoms with Gasteiger partial charge in [-0.3, -0.25) is 4.79 Å². The van der Waals surface area contributed by atoms with Gasteiger partial charge in [0.2, 0.25) is 11.8 Å². The summed E-state index contributed by atoms with van der Waals surface area (Å²) in [5, 5.41) is 9.59. The maximum atomic E-state index is 13.6. The molecule has 1 aliphatic rings. The highest BCUT2D eigenvalue weighted by Gasteiger charge is 2.31. The molecule has 12 nitrogen and oxygen atoms in total. The fourth-order valence-corrected chi connectivity index (χ4v) is 4.11. The van der Waals surface area contributed by atoms with Crippen LogP contribution in [0.5, 0.6) is 5.88 Å². The third kappa shape index (κ3) is 6.45. The lowest BCUT2D eigenvalue weighted by molar-refractivity contribution is 0.0522. The van der Waals surface area contributed by atoms with Crippen LogP contribution in [0.25, 0.3) is 22.5 Å². The van der Waals surface area contributed by atoms with Crippen LogP contribution < -0.4 is 20.3 Å². The molecule has 1 aromatic carbocycles. The van der Waals surface area contributed by atoms with E-state index >= 15 is 0 Å². The fraction of sp³-hybridized carbons (Fsp3) is 0.310. The van der Waals surface area contributed by atoms with E-state index in [1.54, 1.807) is 57.4 Å². The van der Waals surface area contributed by atoms with Gasteiger partial charge in [0.1, 0.15) is 34.2 Å². The van der Waals surface area contributed by atoms with E-state index in [-0.39, 0.29) is 18.0 Å². The summed E-state index contributed by atoms with van der Waals surface area (Å²) in [7, 11) is 1.44. The van der Waals surface area contributed by atoms with Crippen molar-refractivity contribution in [2.75, 3.05) is 30.4 Å². The Morgan fingerprint density at radius 1 is 1.05 bits per heavy atom. The highest BCUT2D eigenvalue weighted by molar-refractivity contribution is 6.11. The van der Waals surface area contributed by atoms with Gasteiger partial charge in [-0.25, -0.2) is 24.1 Å². The Morgan fingerprint density at radius 2 is 1.76 bits per heavy atom. The molecule has 1 fully saturated rings. The molecule has 0 bridgehead atoms. The number of ether oxygens (including phenoxy) is 2. The van der Waals surface area contributed by atoms with E-state index in [0.717, 1.165) is 19.5 Å². The van der Waals surface area contributed by atoms with Gasteiger partial charge in [0.15, 0.2) is 0 Å². The number of aromatic nitrogens is 4. The summed E-state index contributed by atoms with van der Waals surface area (Å²) < 4.78 is 29.8. The van der Waals surface area contributed by atoms with Gasteiger partial charge in [-0.2, -0.15) is 0 Å². The molecule has 2 amide bonds. The van der Waals surface area contributed by atoms with Crippen LogP contribution in [0.2, 0.25) is 0 Å². The molecule has 0 radical (unpaired) electrons. The molecular weight excluding hydrogens is 545 g/mol. The van der Waals surface area contributed by atoms with Gasteiger partial charge in [-0.15, -0.1) is 0 Å². The lowest BCUT2D eigenvalue weighted by Gasteiger charge is -2.30. The molecule has 1 aliphatic heterocycles. The number of halogens is 1. The van der Waals surface area contributed by atoms with Crippen LogP contribution in [-0.4, -0.2) is 57.9 Å². The first-order valence-corrected chi connectivity index (χ1v) is 13.3. The van der Waals surface area contributed by atoms with Crippen molar-refractivity contribution in [2.24, 2.45) is 0 Å². The van der Waals surface area contributed by atoms with Gasteiger partial charge in [0, 0.05) is 36.6 Å². The number of nitrogens with zero attached hydrogens (tertiary/aromatic N) is 5. The number of rotatable bonds is 8. The molecule has 5 rings (SSSR count). The van der Waals surface area contributed by atoms with Gasteiger partial charge in [-0.1, -0.05) is 5.16 Å². The zero-order chi connectivity index (χ0) is 29.9. The third-order valence-corrected chi connectivity index (χ3v) is 6.25. The topological polar surface area (TPSA) is 145 Å². The van der Waals surface area contributed by atoms with E-state index in [1.807, 2.05) is 4.90 Å². The molecule has 2 N–H and O–H groups in total. The summed E-state index contributed by atoms with van der Waals surface area (Å²) in [4.78, 5) is 40.5. The number of amides is 2. The highest BCUT2D eigenvalue weighted by atomic mass is 19.1. The van der Waals surface area contributed by atoms with E-state index in [9.17, 15) is 14.0 Å². The number of pyridine rings is 1. The van der Waals surface area contributed by atoms with Crippen LogP contribution in [-0.2, 0) is 11.3 Å². The molecule has 4 heterocycles. The van der Waals surface area contributed by atoms with Crippen molar-refractivity contribution in [3.63, 3.8) is 0 Å². The molecule has 218 valence electrons. The number of carbonyl (C=O) groups excluding carboxylic acids is 2. The minimum absolute atomic E-state index is 0.0963. The average Bonchev–Trinajstić information content (AvgIpc) is 3.35. The quantitative estimate of drug-likeness (QED) is 0.300. The predicted molar refractivity (Wildman–Crippen MR) is 152 cm³/mol. The van der Waals surface area contributed by atoms with Crippen molar-refractivity contribution in [3.8, 4) is 28.4 Å². The van der Waals surface area contributed by atoms with Crippen LogP contribution in [0.4, 0.5) is 20.8 Å². The summed E-state index contributed by atoms with van der Waals surface area (Å²) in [6, 6.07) is 9.04. The van der Waals surface area contributed by atoms with Crippen LogP contribution in [0.3, 0.4) is 0 Å². The first-order chi connectivity index (χ1) is 20.1. The summed E-state index contributed by atoms with van der Waals surface area (Å²) in [5.74, 6) is 0.0334. The van der Waals surface area contributed by atoms with E-state index in [2.05, 4.69) is 30.7 Å². The minimum atomic E-state index is -0.609. The fourth-order valence-electron chi connectivity index (χ4n) is 4.11. The Balaban J connectivity index is 1.33. The molecule has 1 saturated heterocycles. The summed E-state index contributed by atoms with van der Waals surface area (Å²) >= 11 is 0. The van der Waals surface area contributed by atoms with E-state index in [1.165, 1.54) is 19.2 Å². The smallest absolute Gasteiger partial charge is 0.408 e. The Kier molecular flexibility index (Phi) is 8.00. The van der Waals surface area contributed by atoms with E-state index < -0.39 is 23.4 Å². The molecular formula is C29H30FN7O5. The molecule has 0 spiro atoms. The molecule has 3 aromatic heterocycles. The van der Waals surface area contributed by atoms with Crippen molar-refractivity contribution in [1.82, 2.24) is 25.4 Å². The third-order valence-electron chi connectivity index (χ3n) is 6.25. The summed E-state index contributed by atoms with van der Waals surface area (Å²) in [5.41, 5.74) is 1.91. The number of alkyl carbamates (subject to hydrolysis) is 1. The molecule has 42 heavy (non-hydrogen) atoms. The lowest BCUT2D eigenvalue weighted by Crippen LogP contribution is -2.38. The molecule has 13 heteroatoms. The van der Waals surface area contributed by atoms with Crippen molar-refractivity contribution in [2.45, 2.75) is 39.3 Å². The van der Waals surface area contributed by atoms with Crippen molar-refractivity contribution < 1.29 is 28.0 Å². The molecule has 0 unspecified atom stereocenters. The number of nitrogens with one attached hydrogen (secondary N) is 2. The normalized spacial score (nSPS) is 12.8. The molecule has 0 saturated carbocycles. The van der Waals surface area contributed by atoms with Crippen LogP contribution in [0.1, 0.15) is 43.4 Å². The van der Waals surface area contributed by atoms with Gasteiger partial charge in [-0.05, 0) is 63.6 Å². The van der Waals surface area contributed by atoms with E-state index in [4.69, 9.17) is 14.0 Å². The van der Waals surface area contributed by atoms with Gasteiger partial charge < -0.3 is 29.5 Å². The second-order valence-electron chi connectivity index (χ2n) is 10.5. The SMILES string of the molecule is COc1nc(-c2cnc(CNC(=O)OC(C)(C)C)nc2)ccc1NC(=O)c1c(-c2ccc(F)cc2)noc1N1CCC1. The van der Waals surface area contributed by atoms with Crippen LogP contribution in [0, 0.1) is 5.82 Å². The largest absolute Gasteiger partial charge is 0.479 e. The highest BCUT2D eigenvalue weighted by Crippen LogP contribution is 2.35. The number of hydrogen-bond donors (Lipinski definition) is 2. The zero-order valence-electron chi connectivity index (χ0n) is 23.6. The second kappa shape index (κ2) is 11.8. The van der Waals surface area contributed by atoms with Crippen LogP contribution >= 0.6 is 0 Å². The van der Waals surface area contributed by atoms with Crippen molar-refractivity contribution in [3.05, 3.63) is 66.0 Å². The monoisotopic (exact) mass is 575 g/mol. The minimum Gasteiger partial charge on any atom is -0.479 e. The summed E-state index contributed by atoms with van der Waals surface area (Å²) in [6.07, 6.45) is 3.56. The standard InChI is InChI=1S/C29H30FN7O5/c1-29(2,3)41-28(39)33-16-22-31-14-18(15-32-22)20-10-11-21(26(35-20)40-4)34-25(38)23-24(17-6-8-19(30)9-7-17)36-42-27(23)37-12-5-13-37/h6-11,14-15H,5,12-13,16H2,1-4H3,(H,33,39)(H,34,38). The Bertz CT molecular complexity index is 1580. The first-order valence-electron chi connectivity index (χ1n) is 13.3. The maximum absolute atomic E-state index is 13.6. The first kappa shape index (κ1) is 28.5. The molecule has 4 aromatic rings. The van der Waals surface area contributed by atoms with E-state index in [0.29, 0.717) is 39.9 Å². The number of benzene rings is 1. The Hall–Kier alpha value is -5.07. The van der Waals surface area contributed by atoms with Crippen molar-refractivity contribution >= 4 is 23.6 Å². The Morgan fingerprint density at radius 3 is 2.38 bits per heavy atom.